The van der Waals surface area contributed by atoms with Crippen molar-refractivity contribution in [2.24, 2.45) is 11.8 Å². The van der Waals surface area contributed by atoms with E-state index in [1.54, 1.807) is 0 Å². The Balaban J connectivity index is 0. The number of hydrogen-bond donors (Lipinski definition) is 0. The molecule has 23 heavy (non-hydrogen) atoms. The minimum Gasteiger partial charge on any atom is -0.462 e. The molecule has 7 heteroatoms. The lowest BCUT2D eigenvalue weighted by molar-refractivity contribution is -0.141. The number of esters is 2. The molecule has 0 aromatic rings. The Morgan fingerprint density at radius 2 is 1.13 bits per heavy atom. The summed E-state index contributed by atoms with van der Waals surface area (Å²) in [6.07, 6.45) is 2.22. The van der Waals surface area contributed by atoms with Crippen molar-refractivity contribution in [3.8, 4) is 0 Å². The second kappa shape index (κ2) is 13.3. The second-order valence-corrected chi connectivity index (χ2v) is 6.33. The van der Waals surface area contributed by atoms with Gasteiger partial charge in [0, 0.05) is 37.1 Å². The topological polar surface area (TPSA) is 59.1 Å². The molecule has 0 aliphatic rings. The van der Waals surface area contributed by atoms with Crippen LogP contribution in [0.3, 0.4) is 0 Å². The molecular weight excluding hydrogens is 320 g/mol. The highest BCUT2D eigenvalue weighted by Crippen LogP contribution is 2.00. The first-order valence-corrected chi connectivity index (χ1v) is 7.51. The maximum atomic E-state index is 11.5. The normalized spacial score (nSPS) is 13.7. The van der Waals surface area contributed by atoms with E-state index in [0.29, 0.717) is 13.2 Å². The molecule has 0 spiro atoms. The number of nitrogens with zero attached hydrogens (tertiary/aromatic N) is 2. The van der Waals surface area contributed by atoms with E-state index in [4.69, 9.17) is 9.47 Å². The summed E-state index contributed by atoms with van der Waals surface area (Å²) in [7, 11) is 7.86. The van der Waals surface area contributed by atoms with Crippen LogP contribution >= 0.6 is 12.4 Å². The van der Waals surface area contributed by atoms with Crippen LogP contribution in [0, 0.1) is 11.8 Å². The van der Waals surface area contributed by atoms with Crippen molar-refractivity contribution in [3.05, 3.63) is 12.2 Å². The molecule has 0 heterocycles. The van der Waals surface area contributed by atoms with Gasteiger partial charge in [-0.05, 0) is 28.2 Å². The molecule has 0 aromatic heterocycles. The Kier molecular flexibility index (Phi) is 14.0. The summed E-state index contributed by atoms with van der Waals surface area (Å²) in [6.45, 7) is 6.33. The summed E-state index contributed by atoms with van der Waals surface area (Å²) in [5.74, 6) is -0.565. The SMILES string of the molecule is CC(COC(=O)/C=C/C(=O)OCC(C)CN(C)C)CN(C)C.Cl. The standard InChI is InChI=1S/C16H30N2O4.ClH/c1-13(9-17(3)4)11-21-15(19)7-8-16(20)22-12-14(2)10-18(5)6;/h7-8,13-14H,9-12H2,1-6H3;1H/b8-7+;. The predicted octanol–water partition coefficient (Wildman–Crippen LogP) is 1.45. The zero-order valence-corrected chi connectivity index (χ0v) is 15.9. The number of carbonyl (C=O) groups is 2. The third-order valence-electron chi connectivity index (χ3n) is 2.73. The zero-order chi connectivity index (χ0) is 17.1. The molecule has 6 nitrogen and oxygen atoms in total. The monoisotopic (exact) mass is 350 g/mol. The lowest BCUT2D eigenvalue weighted by Gasteiger charge is -2.16. The van der Waals surface area contributed by atoms with Gasteiger partial charge in [0.1, 0.15) is 0 Å². The first-order valence-electron chi connectivity index (χ1n) is 7.51. The first-order chi connectivity index (χ1) is 10.2. The van der Waals surface area contributed by atoms with Crippen molar-refractivity contribution >= 4 is 24.3 Å². The minimum absolute atomic E-state index is 0. The van der Waals surface area contributed by atoms with E-state index >= 15 is 0 Å². The maximum Gasteiger partial charge on any atom is 0.331 e. The fourth-order valence-corrected chi connectivity index (χ4v) is 2.03. The largest absolute Gasteiger partial charge is 0.462 e. The summed E-state index contributed by atoms with van der Waals surface area (Å²) in [5, 5.41) is 0. The lowest BCUT2D eigenvalue weighted by atomic mass is 10.2. The van der Waals surface area contributed by atoms with Crippen molar-refractivity contribution in [3.63, 3.8) is 0 Å². The molecule has 0 fully saturated rings. The summed E-state index contributed by atoms with van der Waals surface area (Å²) in [6, 6.07) is 0. The number of carbonyl (C=O) groups excluding carboxylic acids is 2. The molecule has 0 amide bonds. The second-order valence-electron chi connectivity index (χ2n) is 6.33. The van der Waals surface area contributed by atoms with Crippen LogP contribution in [0.5, 0.6) is 0 Å². The Morgan fingerprint density at radius 3 is 1.39 bits per heavy atom. The average Bonchev–Trinajstić information content (AvgIpc) is 2.39. The highest BCUT2D eigenvalue weighted by Gasteiger charge is 2.08. The van der Waals surface area contributed by atoms with E-state index in [1.165, 1.54) is 0 Å². The molecule has 2 unspecified atom stereocenters. The van der Waals surface area contributed by atoms with Crippen molar-refractivity contribution in [1.82, 2.24) is 9.80 Å². The van der Waals surface area contributed by atoms with Crippen molar-refractivity contribution in [2.75, 3.05) is 54.5 Å². The van der Waals surface area contributed by atoms with Gasteiger partial charge in [0.2, 0.25) is 0 Å². The third kappa shape index (κ3) is 15.6. The Bertz CT molecular complexity index is 339. The van der Waals surface area contributed by atoms with Crippen LogP contribution in [0.15, 0.2) is 12.2 Å². The molecule has 136 valence electrons. The van der Waals surface area contributed by atoms with E-state index in [9.17, 15) is 9.59 Å². The number of halogens is 1. The van der Waals surface area contributed by atoms with Gasteiger partial charge < -0.3 is 19.3 Å². The van der Waals surface area contributed by atoms with E-state index in [1.807, 2.05) is 51.8 Å². The van der Waals surface area contributed by atoms with Gasteiger partial charge in [0.05, 0.1) is 13.2 Å². The van der Waals surface area contributed by atoms with Crippen molar-refractivity contribution in [2.45, 2.75) is 13.8 Å². The molecule has 0 aliphatic heterocycles. The molecule has 0 saturated heterocycles. The molecular formula is C16H31ClN2O4. The maximum absolute atomic E-state index is 11.5. The fraction of sp³-hybridized carbons (Fsp3) is 0.750. The van der Waals surface area contributed by atoms with Crippen molar-refractivity contribution in [1.29, 1.82) is 0 Å². The molecule has 2 atom stereocenters. The van der Waals surface area contributed by atoms with Crippen LogP contribution in [-0.2, 0) is 19.1 Å². The highest BCUT2D eigenvalue weighted by atomic mass is 35.5. The Labute approximate surface area is 146 Å². The first kappa shape index (κ1) is 24.1. The molecule has 0 saturated carbocycles. The van der Waals surface area contributed by atoms with Crippen LogP contribution < -0.4 is 0 Å². The van der Waals surface area contributed by atoms with E-state index < -0.39 is 11.9 Å². The minimum atomic E-state index is -0.524. The molecule has 0 rings (SSSR count). The van der Waals surface area contributed by atoms with Crippen LogP contribution in [-0.4, -0.2) is 76.2 Å². The summed E-state index contributed by atoms with van der Waals surface area (Å²) >= 11 is 0. The Morgan fingerprint density at radius 1 is 0.826 bits per heavy atom. The smallest absolute Gasteiger partial charge is 0.331 e. The third-order valence-corrected chi connectivity index (χ3v) is 2.73. The molecule has 0 aromatic carbocycles. The van der Waals surface area contributed by atoms with Gasteiger partial charge in [0.15, 0.2) is 0 Å². The van der Waals surface area contributed by atoms with Crippen LogP contribution in [0.25, 0.3) is 0 Å². The van der Waals surface area contributed by atoms with Crippen LogP contribution in [0.1, 0.15) is 13.8 Å². The number of rotatable bonds is 10. The summed E-state index contributed by atoms with van der Waals surface area (Å²) in [5.41, 5.74) is 0. The van der Waals surface area contributed by atoms with E-state index in [0.717, 1.165) is 25.2 Å². The summed E-state index contributed by atoms with van der Waals surface area (Å²) < 4.78 is 10.1. The average molecular weight is 351 g/mol. The predicted molar refractivity (Wildman–Crippen MR) is 93.7 cm³/mol. The van der Waals surface area contributed by atoms with Gasteiger partial charge in [-0.3, -0.25) is 0 Å². The van der Waals surface area contributed by atoms with Gasteiger partial charge in [-0.2, -0.15) is 0 Å². The molecule has 0 N–H and O–H groups in total. The molecule has 0 radical (unpaired) electrons. The zero-order valence-electron chi connectivity index (χ0n) is 15.1. The quantitative estimate of drug-likeness (QED) is 0.439. The summed E-state index contributed by atoms with van der Waals surface area (Å²) in [4.78, 5) is 27.0. The number of hydrogen-bond acceptors (Lipinski definition) is 6. The lowest BCUT2D eigenvalue weighted by Crippen LogP contribution is -2.24. The fourth-order valence-electron chi connectivity index (χ4n) is 2.03. The Hall–Kier alpha value is -1.11. The number of ether oxygens (including phenoxy) is 2. The molecule has 0 bridgehead atoms. The van der Waals surface area contributed by atoms with Gasteiger partial charge in [0.25, 0.3) is 0 Å². The van der Waals surface area contributed by atoms with Gasteiger partial charge >= 0.3 is 11.9 Å². The van der Waals surface area contributed by atoms with Gasteiger partial charge in [-0.15, -0.1) is 12.4 Å². The highest BCUT2D eigenvalue weighted by molar-refractivity contribution is 5.91. The van der Waals surface area contributed by atoms with E-state index in [-0.39, 0.29) is 24.2 Å². The van der Waals surface area contributed by atoms with Crippen LogP contribution in [0.4, 0.5) is 0 Å². The van der Waals surface area contributed by atoms with Gasteiger partial charge in [-0.1, -0.05) is 13.8 Å². The molecule has 0 aliphatic carbocycles. The van der Waals surface area contributed by atoms with E-state index in [2.05, 4.69) is 0 Å². The van der Waals surface area contributed by atoms with Gasteiger partial charge in [-0.25, -0.2) is 9.59 Å². The van der Waals surface area contributed by atoms with Crippen LogP contribution in [0.2, 0.25) is 0 Å². The van der Waals surface area contributed by atoms with Crippen molar-refractivity contribution < 1.29 is 19.1 Å².